The number of hydrogen-bond acceptors (Lipinski definition) is 5. The van der Waals surface area contributed by atoms with Gasteiger partial charge < -0.3 is 20.3 Å². The van der Waals surface area contributed by atoms with E-state index in [0.29, 0.717) is 18.0 Å². The van der Waals surface area contributed by atoms with Crippen molar-refractivity contribution >= 4 is 23.1 Å². The van der Waals surface area contributed by atoms with Crippen LogP contribution in [0.3, 0.4) is 0 Å². The molecule has 2 heterocycles. The van der Waals surface area contributed by atoms with Gasteiger partial charge in [-0.15, -0.1) is 5.69 Å². The van der Waals surface area contributed by atoms with Crippen LogP contribution in [-0.4, -0.2) is 15.1 Å². The van der Waals surface area contributed by atoms with Crippen LogP contribution in [0.1, 0.15) is 11.4 Å². The number of benzene rings is 1. The summed E-state index contributed by atoms with van der Waals surface area (Å²) in [5.74, 6) is 0.0958. The molecule has 0 atom stereocenters. The molecule has 121 valence electrons. The van der Waals surface area contributed by atoms with Crippen LogP contribution in [0.25, 0.3) is 0 Å². The van der Waals surface area contributed by atoms with Crippen molar-refractivity contribution in [3.8, 4) is 5.75 Å². The molecule has 2 aromatic heterocycles. The number of nitrogens with zero attached hydrogens (tertiary/aromatic N) is 4. The van der Waals surface area contributed by atoms with Crippen LogP contribution in [0, 0.1) is 12.7 Å². The Bertz CT molecular complexity index is 812. The van der Waals surface area contributed by atoms with Crippen molar-refractivity contribution in [3.05, 3.63) is 59.0 Å². The molecule has 0 amide bonds. The van der Waals surface area contributed by atoms with E-state index in [1.54, 1.807) is 24.3 Å². The molecule has 1 aromatic carbocycles. The molecule has 6 nitrogen and oxygen atoms in total. The fourth-order valence-corrected chi connectivity index (χ4v) is 2.01. The molecule has 1 radical (unpaired) electrons. The standard InChI is InChI=1S/C15H12ClFN5O.Y/c1-9-6-11(22-21-9)8-23-12-4-2-10(3-5-12)19-14-13(17)7-18-15(16)20-14;/h2-7H,8H2,1H3,(H-,18,19,20,21,22);/q-1;. The minimum atomic E-state index is -0.583. The van der Waals surface area contributed by atoms with Gasteiger partial charge in [-0.2, -0.15) is 4.98 Å². The number of aryl methyl sites for hydroxylation is 1. The number of nitrogens with one attached hydrogen (secondary N) is 1. The first-order valence-electron chi connectivity index (χ1n) is 6.74. The van der Waals surface area contributed by atoms with Crippen LogP contribution in [-0.2, 0) is 39.3 Å². The van der Waals surface area contributed by atoms with Gasteiger partial charge in [0.15, 0.2) is 11.6 Å². The second-order valence-electron chi connectivity index (χ2n) is 4.75. The molecule has 3 aromatic rings. The third kappa shape index (κ3) is 4.96. The van der Waals surface area contributed by atoms with Gasteiger partial charge in [-0.25, -0.2) is 9.37 Å². The molecule has 0 aliphatic carbocycles. The number of aromatic nitrogens is 4. The van der Waals surface area contributed by atoms with E-state index in [0.717, 1.165) is 17.6 Å². The van der Waals surface area contributed by atoms with Crippen molar-refractivity contribution in [1.82, 2.24) is 20.2 Å². The summed E-state index contributed by atoms with van der Waals surface area (Å²) >= 11 is 5.65. The maximum atomic E-state index is 13.6. The molecular weight excluding hydrogens is 410 g/mol. The number of anilines is 2. The summed E-state index contributed by atoms with van der Waals surface area (Å²) in [6.07, 6.45) is 1.01. The normalized spacial score (nSPS) is 10.1. The number of rotatable bonds is 5. The van der Waals surface area contributed by atoms with E-state index < -0.39 is 5.82 Å². The number of halogens is 2. The molecule has 24 heavy (non-hydrogen) atoms. The van der Waals surface area contributed by atoms with Crippen molar-refractivity contribution in [2.45, 2.75) is 13.5 Å². The van der Waals surface area contributed by atoms with E-state index in [2.05, 4.69) is 25.5 Å². The van der Waals surface area contributed by atoms with Gasteiger partial charge in [0.1, 0.15) is 5.75 Å². The van der Waals surface area contributed by atoms with Gasteiger partial charge >= 0.3 is 0 Å². The Labute approximate surface area is 168 Å². The van der Waals surface area contributed by atoms with Gasteiger partial charge in [0.25, 0.3) is 0 Å². The van der Waals surface area contributed by atoms with Gasteiger partial charge in [0.2, 0.25) is 5.28 Å². The molecule has 3 rings (SSSR count). The van der Waals surface area contributed by atoms with E-state index in [4.69, 9.17) is 16.3 Å². The first-order valence-corrected chi connectivity index (χ1v) is 7.12. The first-order chi connectivity index (χ1) is 11.1. The predicted octanol–water partition coefficient (Wildman–Crippen LogP) is 3.25. The topological polar surface area (TPSA) is 74.0 Å². The second kappa shape index (κ2) is 8.51. The van der Waals surface area contributed by atoms with Crippen LogP contribution in [0.2, 0.25) is 5.28 Å². The zero-order valence-corrected chi connectivity index (χ0v) is 16.3. The largest absolute Gasteiger partial charge is 0.576 e. The van der Waals surface area contributed by atoms with Crippen LogP contribution >= 0.6 is 11.6 Å². The van der Waals surface area contributed by atoms with Crippen molar-refractivity contribution in [1.29, 1.82) is 0 Å². The molecule has 0 aliphatic rings. The zero-order chi connectivity index (χ0) is 16.2. The molecule has 0 saturated heterocycles. The summed E-state index contributed by atoms with van der Waals surface area (Å²) in [5, 5.41) is 10.7. The Morgan fingerprint density at radius 2 is 2.04 bits per heavy atom. The van der Waals surface area contributed by atoms with E-state index >= 15 is 0 Å². The maximum Gasteiger partial charge on any atom is 0.224 e. The summed E-state index contributed by atoms with van der Waals surface area (Å²) in [4.78, 5) is 7.35. The molecule has 1 N–H and O–H groups in total. The van der Waals surface area contributed by atoms with Gasteiger partial charge in [0, 0.05) is 44.1 Å². The van der Waals surface area contributed by atoms with Gasteiger partial charge in [0.05, 0.1) is 12.8 Å². The average Bonchev–Trinajstić information content (AvgIpc) is 2.96. The quantitative estimate of drug-likeness (QED) is 0.638. The minimum absolute atomic E-state index is 0. The third-order valence-corrected chi connectivity index (χ3v) is 3.11. The Morgan fingerprint density at radius 1 is 1.29 bits per heavy atom. The third-order valence-electron chi connectivity index (χ3n) is 2.93. The summed E-state index contributed by atoms with van der Waals surface area (Å²) < 4.78 is 19.2. The average molecular weight is 422 g/mol. The van der Waals surface area contributed by atoms with Gasteiger partial charge in [-0.1, -0.05) is 6.07 Å². The molecule has 0 spiro atoms. The van der Waals surface area contributed by atoms with Crippen molar-refractivity contribution in [2.24, 2.45) is 0 Å². The molecule has 0 saturated carbocycles. The summed E-state index contributed by atoms with van der Waals surface area (Å²) in [6, 6.07) is 8.86. The van der Waals surface area contributed by atoms with E-state index in [9.17, 15) is 4.39 Å². The Morgan fingerprint density at radius 3 is 2.71 bits per heavy atom. The molecule has 0 unspecified atom stereocenters. The SMILES string of the molecule is Cc1cc(COc2ccc(Nc3nc(Cl)ncc3F)cc2)[n-]n1.[Y]. The molecule has 0 fully saturated rings. The maximum absolute atomic E-state index is 13.6. The predicted molar refractivity (Wildman–Crippen MR) is 83.4 cm³/mol. The fourth-order valence-electron chi connectivity index (χ4n) is 1.87. The Kier molecular flexibility index (Phi) is 6.65. The summed E-state index contributed by atoms with van der Waals surface area (Å²) in [5.41, 5.74) is 2.27. The molecular formula is C15H12ClFN5OY-. The Balaban J connectivity index is 0.00000208. The van der Waals surface area contributed by atoms with E-state index in [1.165, 1.54) is 0 Å². The van der Waals surface area contributed by atoms with E-state index in [-0.39, 0.29) is 43.8 Å². The summed E-state index contributed by atoms with van der Waals surface area (Å²) in [6.45, 7) is 2.21. The molecule has 0 bridgehead atoms. The minimum Gasteiger partial charge on any atom is -0.576 e. The summed E-state index contributed by atoms with van der Waals surface area (Å²) in [7, 11) is 0. The Hall–Kier alpha value is -1.57. The van der Waals surface area contributed by atoms with Crippen LogP contribution in [0.4, 0.5) is 15.9 Å². The van der Waals surface area contributed by atoms with Crippen LogP contribution in [0.15, 0.2) is 36.5 Å². The second-order valence-corrected chi connectivity index (χ2v) is 5.09. The van der Waals surface area contributed by atoms with Gasteiger partial charge in [-0.05, 0) is 42.8 Å². The van der Waals surface area contributed by atoms with Crippen LogP contribution in [0.5, 0.6) is 5.75 Å². The monoisotopic (exact) mass is 421 g/mol. The van der Waals surface area contributed by atoms with Crippen molar-refractivity contribution in [3.63, 3.8) is 0 Å². The fraction of sp³-hybridized carbons (Fsp3) is 0.133. The number of ether oxygens (including phenoxy) is 1. The number of hydrogen-bond donors (Lipinski definition) is 1. The first kappa shape index (κ1) is 18.8. The smallest absolute Gasteiger partial charge is 0.224 e. The van der Waals surface area contributed by atoms with Gasteiger partial charge in [-0.3, -0.25) is 0 Å². The van der Waals surface area contributed by atoms with E-state index in [1.807, 2.05) is 13.0 Å². The van der Waals surface area contributed by atoms with Crippen molar-refractivity contribution in [2.75, 3.05) is 5.32 Å². The molecule has 0 aliphatic heterocycles. The van der Waals surface area contributed by atoms with Crippen molar-refractivity contribution < 1.29 is 41.8 Å². The van der Waals surface area contributed by atoms with Crippen LogP contribution < -0.4 is 15.2 Å². The zero-order valence-electron chi connectivity index (χ0n) is 12.7. The molecule has 9 heteroatoms.